The fourth-order valence-corrected chi connectivity index (χ4v) is 1.17. The number of allylic oxidation sites excluding steroid dienone is 1. The lowest BCUT2D eigenvalue weighted by molar-refractivity contribution is 0.381. The number of fused-ring (bicyclic) bond motifs is 1. The molecule has 1 aliphatic rings. The summed E-state index contributed by atoms with van der Waals surface area (Å²) in [4.78, 5) is 0. The van der Waals surface area contributed by atoms with Crippen molar-refractivity contribution in [3.8, 4) is 0 Å². The third-order valence-electron chi connectivity index (χ3n) is 1.71. The number of anilines is 1. The van der Waals surface area contributed by atoms with Crippen LogP contribution < -0.4 is 5.32 Å². The second-order valence-corrected chi connectivity index (χ2v) is 3.75. The summed E-state index contributed by atoms with van der Waals surface area (Å²) in [6.45, 7) is 0. The first kappa shape index (κ1) is 11.7. The molecule has 0 saturated carbocycles. The van der Waals surface area contributed by atoms with Gasteiger partial charge in [0.1, 0.15) is 0 Å². The summed E-state index contributed by atoms with van der Waals surface area (Å²) in [5, 5.41) is 3.18. The van der Waals surface area contributed by atoms with Gasteiger partial charge in [-0.1, -0.05) is 24.3 Å². The van der Waals surface area contributed by atoms with E-state index in [1.165, 1.54) is 11.3 Å². The largest absolute Gasteiger partial charge is 0.394 e. The molecule has 0 atom stereocenters. The van der Waals surface area contributed by atoms with E-state index in [0.29, 0.717) is 0 Å². The van der Waals surface area contributed by atoms with Crippen molar-refractivity contribution >= 4 is 16.1 Å². The van der Waals surface area contributed by atoms with Crippen LogP contribution >= 0.6 is 0 Å². The predicted molar refractivity (Wildman–Crippen MR) is 57.1 cm³/mol. The molecule has 1 aliphatic heterocycles. The molecule has 0 fully saturated rings. The number of para-hydroxylation sites is 1. The van der Waals surface area contributed by atoms with Crippen molar-refractivity contribution in [3.05, 3.63) is 42.1 Å². The highest BCUT2D eigenvalue weighted by Crippen LogP contribution is 2.18. The van der Waals surface area contributed by atoms with Crippen LogP contribution in [-0.2, 0) is 16.8 Å². The molecule has 0 saturated heterocycles. The van der Waals surface area contributed by atoms with Crippen molar-refractivity contribution in [3.63, 3.8) is 0 Å². The van der Waals surface area contributed by atoms with Gasteiger partial charge in [-0.3, -0.25) is 9.11 Å². The summed E-state index contributed by atoms with van der Waals surface area (Å²) >= 11 is 0. The van der Waals surface area contributed by atoms with Gasteiger partial charge >= 0.3 is 10.4 Å². The van der Waals surface area contributed by atoms with Gasteiger partial charge in [0.25, 0.3) is 0 Å². The minimum atomic E-state index is -4.67. The van der Waals surface area contributed by atoms with Gasteiger partial charge in [-0.2, -0.15) is 8.42 Å². The molecular weight excluding hydrogens is 218 g/mol. The molecule has 2 rings (SSSR count). The zero-order valence-electron chi connectivity index (χ0n) is 7.79. The van der Waals surface area contributed by atoms with E-state index in [0.717, 1.165) is 6.42 Å². The first-order valence-corrected chi connectivity index (χ1v) is 5.56. The highest BCUT2D eigenvalue weighted by Gasteiger charge is 2.00. The first-order valence-electron chi connectivity index (χ1n) is 4.16. The molecule has 0 unspecified atom stereocenters. The molecule has 1 heterocycles. The molecule has 0 radical (unpaired) electrons. The standard InChI is InChI=1S/C9H9N.H2O4S/c1-2-6-9-8(4-1)5-3-7-10-9;1-5(2,3)4/h1-4,6-7,10H,5H2;(H2,1,2,3,4). The minimum Gasteiger partial charge on any atom is -0.362 e. The van der Waals surface area contributed by atoms with E-state index in [1.807, 2.05) is 12.3 Å². The van der Waals surface area contributed by atoms with E-state index in [1.54, 1.807) is 0 Å². The summed E-state index contributed by atoms with van der Waals surface area (Å²) in [7, 11) is -4.67. The van der Waals surface area contributed by atoms with Crippen LogP contribution in [0.3, 0.4) is 0 Å². The molecule has 15 heavy (non-hydrogen) atoms. The highest BCUT2D eigenvalue weighted by molar-refractivity contribution is 7.79. The van der Waals surface area contributed by atoms with E-state index in [2.05, 4.69) is 29.6 Å². The summed E-state index contributed by atoms with van der Waals surface area (Å²) in [5.74, 6) is 0. The smallest absolute Gasteiger partial charge is 0.362 e. The molecular formula is C9H11NO4S. The lowest BCUT2D eigenvalue weighted by atomic mass is 10.1. The van der Waals surface area contributed by atoms with Crippen LogP contribution in [-0.4, -0.2) is 17.5 Å². The van der Waals surface area contributed by atoms with Crippen molar-refractivity contribution in [1.29, 1.82) is 0 Å². The first-order chi connectivity index (χ1) is 6.97. The average molecular weight is 229 g/mol. The minimum absolute atomic E-state index is 1.06. The molecule has 82 valence electrons. The fourth-order valence-electron chi connectivity index (χ4n) is 1.17. The van der Waals surface area contributed by atoms with Gasteiger partial charge in [0.15, 0.2) is 0 Å². The topological polar surface area (TPSA) is 86.6 Å². The molecule has 6 heteroatoms. The Hall–Kier alpha value is -1.37. The number of benzene rings is 1. The highest BCUT2D eigenvalue weighted by atomic mass is 32.3. The summed E-state index contributed by atoms with van der Waals surface area (Å²) in [5.41, 5.74) is 2.62. The van der Waals surface area contributed by atoms with Crippen molar-refractivity contribution < 1.29 is 17.5 Å². The van der Waals surface area contributed by atoms with Crippen LogP contribution in [0.15, 0.2) is 36.5 Å². The number of nitrogens with one attached hydrogen (secondary N) is 1. The Kier molecular flexibility index (Phi) is 3.84. The average Bonchev–Trinajstić information content (AvgIpc) is 2.16. The Morgan fingerprint density at radius 3 is 2.40 bits per heavy atom. The Bertz CT molecular complexity index is 418. The Balaban J connectivity index is 0.000000195. The van der Waals surface area contributed by atoms with Crippen LogP contribution in [0.2, 0.25) is 0 Å². The van der Waals surface area contributed by atoms with Gasteiger partial charge < -0.3 is 5.32 Å². The summed E-state index contributed by atoms with van der Waals surface area (Å²) in [6, 6.07) is 8.36. The predicted octanol–water partition coefficient (Wildman–Crippen LogP) is 1.52. The number of rotatable bonds is 0. The van der Waals surface area contributed by atoms with Crippen LogP contribution in [0.5, 0.6) is 0 Å². The van der Waals surface area contributed by atoms with Gasteiger partial charge in [-0.25, -0.2) is 0 Å². The van der Waals surface area contributed by atoms with Crippen molar-refractivity contribution in [1.82, 2.24) is 0 Å². The maximum atomic E-state index is 8.74. The van der Waals surface area contributed by atoms with E-state index in [9.17, 15) is 0 Å². The van der Waals surface area contributed by atoms with Crippen LogP contribution in [0.4, 0.5) is 5.69 Å². The van der Waals surface area contributed by atoms with Crippen LogP contribution in [0.25, 0.3) is 0 Å². The summed E-state index contributed by atoms with van der Waals surface area (Å²) < 4.78 is 31.6. The lowest BCUT2D eigenvalue weighted by Crippen LogP contribution is -1.98. The Morgan fingerprint density at radius 2 is 1.80 bits per heavy atom. The third kappa shape index (κ3) is 5.16. The van der Waals surface area contributed by atoms with E-state index < -0.39 is 10.4 Å². The molecule has 0 aliphatic carbocycles. The Morgan fingerprint density at radius 1 is 1.20 bits per heavy atom. The zero-order valence-corrected chi connectivity index (χ0v) is 8.61. The summed E-state index contributed by atoms with van der Waals surface area (Å²) in [6.07, 6.45) is 5.17. The SMILES string of the molecule is C1=CNc2ccccc2C1.O=S(=O)(O)O. The van der Waals surface area contributed by atoms with Gasteiger partial charge in [-0.05, 0) is 24.3 Å². The van der Waals surface area contributed by atoms with E-state index in [4.69, 9.17) is 17.5 Å². The maximum Gasteiger partial charge on any atom is 0.394 e. The lowest BCUT2D eigenvalue weighted by Gasteiger charge is -2.10. The molecule has 3 N–H and O–H groups in total. The van der Waals surface area contributed by atoms with Gasteiger partial charge in [0, 0.05) is 5.69 Å². The van der Waals surface area contributed by atoms with Gasteiger partial charge in [0.2, 0.25) is 0 Å². The molecule has 5 nitrogen and oxygen atoms in total. The van der Waals surface area contributed by atoms with Crippen LogP contribution in [0, 0.1) is 0 Å². The normalized spacial score (nSPS) is 13.2. The van der Waals surface area contributed by atoms with Crippen LogP contribution in [0.1, 0.15) is 5.56 Å². The molecule has 1 aromatic rings. The monoisotopic (exact) mass is 229 g/mol. The fraction of sp³-hybridized carbons (Fsp3) is 0.111. The van der Waals surface area contributed by atoms with Gasteiger partial charge in [-0.15, -0.1) is 0 Å². The Labute approximate surface area is 88.0 Å². The second kappa shape index (κ2) is 4.92. The third-order valence-corrected chi connectivity index (χ3v) is 1.71. The van der Waals surface area contributed by atoms with Crippen molar-refractivity contribution in [2.75, 3.05) is 5.32 Å². The van der Waals surface area contributed by atoms with Crippen molar-refractivity contribution in [2.45, 2.75) is 6.42 Å². The number of hydrogen-bond acceptors (Lipinski definition) is 3. The zero-order chi connectivity index (χ0) is 11.3. The maximum absolute atomic E-state index is 8.74. The molecule has 0 spiro atoms. The number of hydrogen-bond donors (Lipinski definition) is 3. The molecule has 1 aromatic carbocycles. The van der Waals surface area contributed by atoms with Crippen molar-refractivity contribution in [2.24, 2.45) is 0 Å². The molecule has 0 aromatic heterocycles. The van der Waals surface area contributed by atoms with E-state index >= 15 is 0 Å². The quantitative estimate of drug-likeness (QED) is 0.587. The molecule has 0 bridgehead atoms. The van der Waals surface area contributed by atoms with E-state index in [-0.39, 0.29) is 0 Å². The second-order valence-electron chi connectivity index (χ2n) is 2.86. The van der Waals surface area contributed by atoms with Gasteiger partial charge in [0.05, 0.1) is 0 Å². The molecule has 0 amide bonds.